The number of benzene rings is 1. The maximum absolute atomic E-state index is 12.9. The first-order valence-electron chi connectivity index (χ1n) is 9.36. The van der Waals surface area contributed by atoms with Gasteiger partial charge in [-0.05, 0) is 49.5 Å². The normalized spacial score (nSPS) is 12.7. The van der Waals surface area contributed by atoms with Crippen molar-refractivity contribution in [1.29, 1.82) is 0 Å². The van der Waals surface area contributed by atoms with Crippen molar-refractivity contribution in [2.45, 2.75) is 6.54 Å². The molecule has 3 heterocycles. The van der Waals surface area contributed by atoms with Crippen LogP contribution in [0.25, 0.3) is 16.7 Å². The summed E-state index contributed by atoms with van der Waals surface area (Å²) in [5, 5.41) is 13.8. The van der Waals surface area contributed by atoms with Gasteiger partial charge in [0.25, 0.3) is 5.91 Å². The third-order valence-electron chi connectivity index (χ3n) is 4.62. The molecule has 0 spiro atoms. The fourth-order valence-electron chi connectivity index (χ4n) is 3.35. The zero-order valence-electron chi connectivity index (χ0n) is 16.4. The quantitative estimate of drug-likeness (QED) is 0.701. The largest absolute Gasteiger partial charge is 0.381 e. The van der Waals surface area contributed by atoms with Gasteiger partial charge in [0.1, 0.15) is 0 Å². The van der Waals surface area contributed by atoms with Crippen LogP contribution in [0, 0.1) is 0 Å². The summed E-state index contributed by atoms with van der Waals surface area (Å²) in [6, 6.07) is 9.95. The van der Waals surface area contributed by atoms with Crippen LogP contribution >= 0.6 is 0 Å². The number of aromatic nitrogens is 3. The lowest BCUT2D eigenvalue weighted by Crippen LogP contribution is -2.19. The molecule has 0 aliphatic carbocycles. The van der Waals surface area contributed by atoms with Crippen LogP contribution in [-0.4, -0.2) is 46.6 Å². The lowest BCUT2D eigenvalue weighted by atomic mass is 9.95. The predicted molar refractivity (Wildman–Crippen MR) is 114 cm³/mol. The van der Waals surface area contributed by atoms with Crippen molar-refractivity contribution in [3.63, 3.8) is 0 Å². The number of anilines is 2. The molecule has 0 radical (unpaired) electrons. The number of rotatable bonds is 5. The third-order valence-corrected chi connectivity index (χ3v) is 4.62. The van der Waals surface area contributed by atoms with Crippen LogP contribution in [0.5, 0.6) is 0 Å². The Hall–Kier alpha value is -3.58. The first-order valence-corrected chi connectivity index (χ1v) is 9.36. The molecule has 0 unspecified atom stereocenters. The first kappa shape index (κ1) is 18.8. The molecule has 1 aliphatic rings. The van der Waals surface area contributed by atoms with Crippen molar-refractivity contribution in [2.75, 3.05) is 31.3 Å². The summed E-state index contributed by atoms with van der Waals surface area (Å²) in [5.74, 6) is -0.169. The van der Waals surface area contributed by atoms with Gasteiger partial charge in [0.2, 0.25) is 0 Å². The predicted octanol–water partition coefficient (Wildman–Crippen LogP) is 3.05. The Bertz CT molecular complexity index is 1060. The van der Waals surface area contributed by atoms with Crippen LogP contribution in [0.3, 0.4) is 0 Å². The van der Waals surface area contributed by atoms with E-state index >= 15 is 0 Å². The monoisotopic (exact) mass is 386 g/mol. The highest BCUT2D eigenvalue weighted by molar-refractivity contribution is 6.27. The highest BCUT2D eigenvalue weighted by Crippen LogP contribution is 2.33. The summed E-state index contributed by atoms with van der Waals surface area (Å²) < 4.78 is 0. The number of nitrogens with one attached hydrogen (secondary N) is 2. The molecule has 7 heteroatoms. The average Bonchev–Trinajstić information content (AvgIpc) is 2.73. The minimum atomic E-state index is -0.169. The summed E-state index contributed by atoms with van der Waals surface area (Å²) in [6.45, 7) is 1.42. The zero-order valence-corrected chi connectivity index (χ0v) is 16.4. The molecule has 1 aromatic carbocycles. The van der Waals surface area contributed by atoms with Gasteiger partial charge < -0.3 is 15.5 Å². The van der Waals surface area contributed by atoms with Gasteiger partial charge in [0.15, 0.2) is 0 Å². The molecule has 3 aromatic rings. The first-order chi connectivity index (χ1) is 14.1. The van der Waals surface area contributed by atoms with Crippen molar-refractivity contribution in [3.8, 4) is 11.1 Å². The highest BCUT2D eigenvalue weighted by Gasteiger charge is 2.20. The molecule has 0 atom stereocenters. The number of nitrogens with zero attached hydrogens (tertiary/aromatic N) is 4. The second-order valence-corrected chi connectivity index (χ2v) is 7.16. The van der Waals surface area contributed by atoms with Crippen LogP contribution in [0.15, 0.2) is 61.2 Å². The van der Waals surface area contributed by atoms with E-state index in [1.165, 1.54) is 6.20 Å². The van der Waals surface area contributed by atoms with Gasteiger partial charge in [0, 0.05) is 47.9 Å². The molecule has 2 aromatic heterocycles. The number of carbonyl (C=O) groups excluding carboxylic acids is 1. The van der Waals surface area contributed by atoms with E-state index in [0.717, 1.165) is 34.5 Å². The summed E-state index contributed by atoms with van der Waals surface area (Å²) >= 11 is 0. The van der Waals surface area contributed by atoms with E-state index in [1.807, 2.05) is 44.7 Å². The number of carbonyl (C=O) groups is 1. The summed E-state index contributed by atoms with van der Waals surface area (Å²) in [6.07, 6.45) is 8.70. The minimum Gasteiger partial charge on any atom is -0.381 e. The van der Waals surface area contributed by atoms with E-state index in [4.69, 9.17) is 0 Å². The molecular formula is C22H22N6O. The number of amides is 1. The molecule has 4 rings (SSSR count). The van der Waals surface area contributed by atoms with Crippen molar-refractivity contribution in [1.82, 2.24) is 20.1 Å². The Kier molecular flexibility index (Phi) is 5.31. The fraction of sp³-hybridized carbons (Fsp3) is 0.182. The maximum Gasteiger partial charge on any atom is 0.256 e. The molecule has 146 valence electrons. The Labute approximate surface area is 169 Å². The van der Waals surface area contributed by atoms with Gasteiger partial charge in [-0.15, -0.1) is 0 Å². The van der Waals surface area contributed by atoms with E-state index in [0.29, 0.717) is 17.8 Å². The van der Waals surface area contributed by atoms with Gasteiger partial charge in [0.05, 0.1) is 18.1 Å². The SMILES string of the molecule is CN(C)Cc1cncc(-c2ccc3c(c2)C(C(=O)Nc2ccnnc2)=CCN3)c1. The lowest BCUT2D eigenvalue weighted by molar-refractivity contribution is -0.111. The van der Waals surface area contributed by atoms with Crippen LogP contribution in [0.1, 0.15) is 11.1 Å². The third kappa shape index (κ3) is 4.30. The Morgan fingerprint density at radius 2 is 2.00 bits per heavy atom. The van der Waals surface area contributed by atoms with Gasteiger partial charge in [-0.1, -0.05) is 12.1 Å². The topological polar surface area (TPSA) is 83.0 Å². The van der Waals surface area contributed by atoms with Gasteiger partial charge in [-0.25, -0.2) is 0 Å². The molecule has 0 saturated heterocycles. The van der Waals surface area contributed by atoms with Crippen LogP contribution < -0.4 is 10.6 Å². The standard InChI is InChI=1S/C22H22N6O/c1-28(2)14-15-9-17(12-23-11-15)16-3-4-21-20(10-16)19(6-7-24-21)22(29)27-18-5-8-25-26-13-18/h3-6,8-13,24H,7,14H2,1-2H3,(H,25,27,29). The molecule has 0 fully saturated rings. The maximum atomic E-state index is 12.9. The van der Waals surface area contributed by atoms with E-state index in [9.17, 15) is 4.79 Å². The van der Waals surface area contributed by atoms with Gasteiger partial charge in [-0.3, -0.25) is 9.78 Å². The molecule has 2 N–H and O–H groups in total. The van der Waals surface area contributed by atoms with E-state index in [-0.39, 0.29) is 5.91 Å². The second-order valence-electron chi connectivity index (χ2n) is 7.16. The molecule has 1 amide bonds. The number of hydrogen-bond acceptors (Lipinski definition) is 6. The van der Waals surface area contributed by atoms with Crippen molar-refractivity contribution >= 4 is 22.9 Å². The van der Waals surface area contributed by atoms with Gasteiger partial charge >= 0.3 is 0 Å². The molecular weight excluding hydrogens is 364 g/mol. The Morgan fingerprint density at radius 3 is 2.79 bits per heavy atom. The lowest BCUT2D eigenvalue weighted by Gasteiger charge is -2.20. The van der Waals surface area contributed by atoms with Crippen molar-refractivity contribution < 1.29 is 4.79 Å². The summed E-state index contributed by atoms with van der Waals surface area (Å²) in [5.41, 5.74) is 6.23. The molecule has 0 saturated carbocycles. The number of hydrogen-bond donors (Lipinski definition) is 2. The molecule has 7 nitrogen and oxygen atoms in total. The fourth-order valence-corrected chi connectivity index (χ4v) is 3.35. The summed E-state index contributed by atoms with van der Waals surface area (Å²) in [7, 11) is 4.07. The van der Waals surface area contributed by atoms with E-state index in [2.05, 4.69) is 42.8 Å². The minimum absolute atomic E-state index is 0.169. The van der Waals surface area contributed by atoms with Crippen molar-refractivity contribution in [2.24, 2.45) is 0 Å². The molecule has 29 heavy (non-hydrogen) atoms. The highest BCUT2D eigenvalue weighted by atomic mass is 16.1. The van der Waals surface area contributed by atoms with E-state index in [1.54, 1.807) is 12.3 Å². The van der Waals surface area contributed by atoms with Crippen LogP contribution in [-0.2, 0) is 11.3 Å². The van der Waals surface area contributed by atoms with E-state index < -0.39 is 0 Å². The number of fused-ring (bicyclic) bond motifs is 1. The molecule has 1 aliphatic heterocycles. The van der Waals surface area contributed by atoms with Gasteiger partial charge in [-0.2, -0.15) is 10.2 Å². The van der Waals surface area contributed by atoms with Crippen LogP contribution in [0.4, 0.5) is 11.4 Å². The summed E-state index contributed by atoms with van der Waals surface area (Å²) in [4.78, 5) is 19.4. The smallest absolute Gasteiger partial charge is 0.256 e. The Balaban J connectivity index is 1.65. The Morgan fingerprint density at radius 1 is 1.10 bits per heavy atom. The molecule has 0 bridgehead atoms. The average molecular weight is 386 g/mol. The number of pyridine rings is 1. The van der Waals surface area contributed by atoms with Crippen LogP contribution in [0.2, 0.25) is 0 Å². The van der Waals surface area contributed by atoms with Crippen molar-refractivity contribution in [3.05, 3.63) is 72.3 Å². The second kappa shape index (κ2) is 8.20. The zero-order chi connectivity index (χ0) is 20.2.